The van der Waals surface area contributed by atoms with Crippen LogP contribution < -0.4 is 0 Å². The quantitative estimate of drug-likeness (QED) is 0.569. The van der Waals surface area contributed by atoms with Gasteiger partial charge >= 0.3 is 5.92 Å². The van der Waals surface area contributed by atoms with Crippen molar-refractivity contribution < 1.29 is 26.7 Å². The van der Waals surface area contributed by atoms with Crippen LogP contribution in [0.25, 0.3) is 22.3 Å². The van der Waals surface area contributed by atoms with Crippen molar-refractivity contribution in [2.75, 3.05) is 13.1 Å². The van der Waals surface area contributed by atoms with Gasteiger partial charge in [-0.1, -0.05) is 6.07 Å². The second kappa shape index (κ2) is 7.33. The Bertz CT molecular complexity index is 1120. The molecule has 10 heteroatoms. The topological polar surface area (TPSA) is 51.0 Å². The van der Waals surface area contributed by atoms with Gasteiger partial charge in [-0.2, -0.15) is 8.78 Å². The zero-order chi connectivity index (χ0) is 21.6. The molecule has 0 N–H and O–H groups in total. The number of amides is 1. The number of imidazole rings is 1. The molecule has 158 valence electrons. The number of likely N-dealkylation sites (tertiary alicyclic amines) is 1. The highest BCUT2D eigenvalue weighted by molar-refractivity contribution is 5.96. The molecule has 3 heterocycles. The van der Waals surface area contributed by atoms with Gasteiger partial charge in [0.1, 0.15) is 11.3 Å². The van der Waals surface area contributed by atoms with E-state index in [-0.39, 0.29) is 27.9 Å². The number of alkyl halides is 4. The third kappa shape index (κ3) is 3.50. The zero-order valence-electron chi connectivity index (χ0n) is 15.9. The first-order valence-corrected chi connectivity index (χ1v) is 9.27. The van der Waals surface area contributed by atoms with Gasteiger partial charge in [0, 0.05) is 31.8 Å². The Hall–Kier alpha value is -3.04. The van der Waals surface area contributed by atoms with Crippen LogP contribution in [0.4, 0.5) is 22.0 Å². The number of carbonyl (C=O) groups is 1. The number of hydrogen-bond acceptors (Lipinski definition) is 3. The lowest BCUT2D eigenvalue weighted by Gasteiger charge is -2.31. The maximum absolute atomic E-state index is 14.6. The highest BCUT2D eigenvalue weighted by atomic mass is 19.3. The van der Waals surface area contributed by atoms with Gasteiger partial charge in [0.05, 0.1) is 23.3 Å². The Kier molecular flexibility index (Phi) is 4.95. The monoisotopic (exact) mass is 424 g/mol. The maximum Gasteiger partial charge on any atom is 0.302 e. The molecule has 0 saturated carbocycles. The van der Waals surface area contributed by atoms with E-state index >= 15 is 0 Å². The highest BCUT2D eigenvalue weighted by Crippen LogP contribution is 2.34. The Morgan fingerprint density at radius 3 is 2.53 bits per heavy atom. The van der Waals surface area contributed by atoms with E-state index in [0.717, 1.165) is 17.1 Å². The summed E-state index contributed by atoms with van der Waals surface area (Å²) < 4.78 is 69.4. The Morgan fingerprint density at radius 1 is 1.23 bits per heavy atom. The fourth-order valence-corrected chi connectivity index (χ4v) is 3.45. The van der Waals surface area contributed by atoms with Crippen molar-refractivity contribution in [3.8, 4) is 11.3 Å². The lowest BCUT2D eigenvalue weighted by atomic mass is 10.0. The lowest BCUT2D eigenvalue weighted by Crippen LogP contribution is -2.42. The molecule has 2 aromatic heterocycles. The first-order valence-electron chi connectivity index (χ1n) is 9.27. The molecule has 30 heavy (non-hydrogen) atoms. The summed E-state index contributed by atoms with van der Waals surface area (Å²) in [6.07, 6.45) is -0.747. The van der Waals surface area contributed by atoms with Gasteiger partial charge in [-0.25, -0.2) is 18.2 Å². The number of nitrogens with zero attached hydrogens (tertiary/aromatic N) is 4. The summed E-state index contributed by atoms with van der Waals surface area (Å²) in [5.41, 5.74) is 0.155. The molecule has 1 amide bonds. The summed E-state index contributed by atoms with van der Waals surface area (Å²) in [6, 6.07) is 5.12. The summed E-state index contributed by atoms with van der Waals surface area (Å²) in [5.74, 6) is -5.50. The van der Waals surface area contributed by atoms with Gasteiger partial charge in [-0.05, 0) is 24.6 Å². The predicted octanol–water partition coefficient (Wildman–Crippen LogP) is 4.46. The Balaban J connectivity index is 1.82. The van der Waals surface area contributed by atoms with Crippen LogP contribution >= 0.6 is 0 Å². The number of fused-ring (bicyclic) bond motifs is 1. The lowest BCUT2D eigenvalue weighted by molar-refractivity contribution is 0.00166. The van der Waals surface area contributed by atoms with E-state index in [0.29, 0.717) is 20.0 Å². The fourth-order valence-electron chi connectivity index (χ4n) is 3.45. The third-order valence-electron chi connectivity index (χ3n) is 5.00. The van der Waals surface area contributed by atoms with Crippen molar-refractivity contribution in [3.05, 3.63) is 47.7 Å². The van der Waals surface area contributed by atoms with Crippen LogP contribution in [0.1, 0.15) is 29.5 Å². The minimum Gasteiger partial charge on any atom is -0.338 e. The van der Waals surface area contributed by atoms with Crippen molar-refractivity contribution in [1.29, 1.82) is 0 Å². The normalized spacial score (nSPS) is 14.4. The van der Waals surface area contributed by atoms with Crippen molar-refractivity contribution >= 4 is 16.9 Å². The third-order valence-corrected chi connectivity index (χ3v) is 5.00. The van der Waals surface area contributed by atoms with E-state index in [4.69, 9.17) is 0 Å². The number of hydrogen-bond donors (Lipinski definition) is 0. The van der Waals surface area contributed by atoms with Crippen molar-refractivity contribution in [2.24, 2.45) is 0 Å². The van der Waals surface area contributed by atoms with Gasteiger partial charge in [0.2, 0.25) is 0 Å². The van der Waals surface area contributed by atoms with Crippen LogP contribution in [0.3, 0.4) is 0 Å². The largest absolute Gasteiger partial charge is 0.338 e. The molecular formula is C20H17F5N4O. The molecule has 0 spiro atoms. The summed E-state index contributed by atoms with van der Waals surface area (Å²) in [4.78, 5) is 21.8. The smallest absolute Gasteiger partial charge is 0.302 e. The molecule has 0 atom stereocenters. The Morgan fingerprint density at radius 2 is 1.97 bits per heavy atom. The summed E-state index contributed by atoms with van der Waals surface area (Å²) in [5, 5.41) is 0. The second-order valence-electron chi connectivity index (χ2n) is 7.19. The molecule has 1 fully saturated rings. The van der Waals surface area contributed by atoms with Crippen molar-refractivity contribution in [1.82, 2.24) is 19.4 Å². The second-order valence-corrected chi connectivity index (χ2v) is 7.19. The molecule has 0 radical (unpaired) electrons. The zero-order valence-corrected chi connectivity index (χ0v) is 15.9. The molecule has 4 rings (SSSR count). The number of aromatic nitrogens is 3. The molecule has 3 aromatic rings. The molecule has 1 aromatic carbocycles. The first kappa shape index (κ1) is 20.2. The van der Waals surface area contributed by atoms with E-state index in [2.05, 4.69) is 9.97 Å². The van der Waals surface area contributed by atoms with Gasteiger partial charge in [-0.3, -0.25) is 9.78 Å². The van der Waals surface area contributed by atoms with E-state index in [9.17, 15) is 26.7 Å². The van der Waals surface area contributed by atoms with E-state index < -0.39 is 36.4 Å². The SMILES string of the molecule is CC(F)(F)c1nc2c(-c3ccc(C(=O)N4CCC4)c(F)c3)nccc2n1CC(F)F. The van der Waals surface area contributed by atoms with E-state index in [1.54, 1.807) is 0 Å². The van der Waals surface area contributed by atoms with Crippen LogP contribution in [0.5, 0.6) is 0 Å². The molecule has 5 nitrogen and oxygen atoms in total. The van der Waals surface area contributed by atoms with Gasteiger partial charge in [0.25, 0.3) is 12.3 Å². The van der Waals surface area contributed by atoms with Crippen LogP contribution in [-0.4, -0.2) is 44.9 Å². The number of benzene rings is 1. The molecule has 0 bridgehead atoms. The summed E-state index contributed by atoms with van der Waals surface area (Å²) in [7, 11) is 0. The van der Waals surface area contributed by atoms with Crippen molar-refractivity contribution in [3.63, 3.8) is 0 Å². The number of pyridine rings is 1. The first-order chi connectivity index (χ1) is 14.2. The minimum absolute atomic E-state index is 0.0398. The molecule has 1 aliphatic heterocycles. The van der Waals surface area contributed by atoms with Gasteiger partial charge < -0.3 is 9.47 Å². The number of rotatable bonds is 5. The minimum atomic E-state index is -3.47. The van der Waals surface area contributed by atoms with Crippen LogP contribution in [0, 0.1) is 5.82 Å². The average molecular weight is 424 g/mol. The average Bonchev–Trinajstić information content (AvgIpc) is 2.98. The molecule has 0 aliphatic carbocycles. The summed E-state index contributed by atoms with van der Waals surface area (Å²) >= 11 is 0. The molecule has 0 unspecified atom stereocenters. The highest BCUT2D eigenvalue weighted by Gasteiger charge is 2.33. The van der Waals surface area contributed by atoms with Crippen LogP contribution in [-0.2, 0) is 12.5 Å². The standard InChI is InChI=1S/C20H17F5N4O/c1-20(24,25)19-27-17-14(29(19)10-15(22)23)5-6-26-16(17)11-3-4-12(13(21)9-11)18(30)28-7-2-8-28/h3-6,9,15H,2,7-8,10H2,1H3. The van der Waals surface area contributed by atoms with E-state index in [1.807, 2.05) is 0 Å². The Labute approximate surface area is 168 Å². The number of carbonyl (C=O) groups excluding carboxylic acids is 1. The molecule has 1 aliphatic rings. The number of halogens is 5. The summed E-state index contributed by atoms with van der Waals surface area (Å²) in [6.45, 7) is 0.739. The van der Waals surface area contributed by atoms with Gasteiger partial charge in [0.15, 0.2) is 5.82 Å². The maximum atomic E-state index is 14.6. The molecule has 1 saturated heterocycles. The fraction of sp³-hybridized carbons (Fsp3) is 0.350. The predicted molar refractivity (Wildman–Crippen MR) is 99.0 cm³/mol. The van der Waals surface area contributed by atoms with Crippen LogP contribution in [0.15, 0.2) is 30.5 Å². The van der Waals surface area contributed by atoms with Crippen molar-refractivity contribution in [2.45, 2.75) is 32.2 Å². The van der Waals surface area contributed by atoms with E-state index in [1.165, 1.54) is 29.3 Å². The molecular weight excluding hydrogens is 407 g/mol. The van der Waals surface area contributed by atoms with Gasteiger partial charge in [-0.15, -0.1) is 0 Å². The van der Waals surface area contributed by atoms with Crippen LogP contribution in [0.2, 0.25) is 0 Å².